The summed E-state index contributed by atoms with van der Waals surface area (Å²) in [6.07, 6.45) is 11.4. The van der Waals surface area contributed by atoms with E-state index in [0.717, 1.165) is 54.0 Å². The Morgan fingerprint density at radius 2 is 1.76 bits per heavy atom. The van der Waals surface area contributed by atoms with Crippen LogP contribution < -0.4 is 21.3 Å². The Morgan fingerprint density at radius 3 is 2.29 bits per heavy atom. The van der Waals surface area contributed by atoms with Crippen LogP contribution in [0, 0.1) is 18.3 Å². The molecule has 0 radical (unpaired) electrons. The first-order valence-corrected chi connectivity index (χ1v) is 14.1. The molecule has 1 aromatic carbocycles. The maximum Gasteiger partial charge on any atom is 0.243 e. The van der Waals surface area contributed by atoms with E-state index in [1.807, 2.05) is 38.0 Å². The molecular weight excluding hydrogens is 569 g/mol. The zero-order valence-electron chi connectivity index (χ0n) is 22.6. The normalized spacial score (nSPS) is 11.1. The number of alkyl halides is 1. The molecule has 0 aromatic heterocycles. The van der Waals surface area contributed by atoms with Crippen LogP contribution in [0.3, 0.4) is 0 Å². The zero-order chi connectivity index (χ0) is 29.1. The van der Waals surface area contributed by atoms with Gasteiger partial charge in [0.25, 0.3) is 0 Å². The van der Waals surface area contributed by atoms with Crippen molar-refractivity contribution in [2.24, 2.45) is 5.92 Å². The molecule has 0 spiro atoms. The third-order valence-electron chi connectivity index (χ3n) is 5.10. The SMILES string of the molecule is C#CC(=O)/C=C\C(C)=O.CCCCCCC(=O)NC(C(=O)NCC(=O)Nc1ccc(CBr)cc1P)C(C)C. The number of amides is 3. The summed E-state index contributed by atoms with van der Waals surface area (Å²) in [5.41, 5.74) is 1.78. The van der Waals surface area contributed by atoms with Gasteiger partial charge < -0.3 is 16.0 Å². The highest BCUT2D eigenvalue weighted by Gasteiger charge is 2.24. The van der Waals surface area contributed by atoms with Crippen molar-refractivity contribution in [3.63, 3.8) is 0 Å². The van der Waals surface area contributed by atoms with E-state index in [9.17, 15) is 24.0 Å². The minimum absolute atomic E-state index is 0.0758. The first kappa shape index (κ1) is 35.2. The van der Waals surface area contributed by atoms with Crippen molar-refractivity contribution in [3.05, 3.63) is 35.9 Å². The fourth-order valence-corrected chi connectivity index (χ4v) is 3.75. The van der Waals surface area contributed by atoms with Gasteiger partial charge in [0.05, 0.1) is 6.54 Å². The molecule has 0 fully saturated rings. The van der Waals surface area contributed by atoms with E-state index in [2.05, 4.69) is 48.0 Å². The lowest BCUT2D eigenvalue weighted by molar-refractivity contribution is -0.130. The molecule has 10 heteroatoms. The predicted octanol–water partition coefficient (Wildman–Crippen LogP) is 3.58. The molecule has 0 bridgehead atoms. The van der Waals surface area contributed by atoms with Gasteiger partial charge in [-0.1, -0.05) is 62.0 Å². The molecule has 3 amide bonds. The maximum atomic E-state index is 12.5. The van der Waals surface area contributed by atoms with Gasteiger partial charge in [-0.05, 0) is 60.3 Å². The van der Waals surface area contributed by atoms with Crippen LogP contribution in [-0.4, -0.2) is 41.9 Å². The highest BCUT2D eigenvalue weighted by molar-refractivity contribution is 9.08. The first-order chi connectivity index (χ1) is 17.9. The topological polar surface area (TPSA) is 121 Å². The molecule has 2 unspecified atom stereocenters. The molecule has 3 N–H and O–H groups in total. The van der Waals surface area contributed by atoms with Gasteiger partial charge in [0, 0.05) is 17.4 Å². The quantitative estimate of drug-likeness (QED) is 0.0745. The van der Waals surface area contributed by atoms with Gasteiger partial charge in [-0.3, -0.25) is 24.0 Å². The van der Waals surface area contributed by atoms with Gasteiger partial charge in [-0.15, -0.1) is 15.7 Å². The summed E-state index contributed by atoms with van der Waals surface area (Å²) >= 11 is 3.40. The maximum absolute atomic E-state index is 12.5. The van der Waals surface area contributed by atoms with Crippen LogP contribution in [-0.2, 0) is 29.3 Å². The Hall–Kier alpha value is -2.82. The smallest absolute Gasteiger partial charge is 0.243 e. The highest BCUT2D eigenvalue weighted by atomic mass is 79.9. The summed E-state index contributed by atoms with van der Waals surface area (Å²) in [4.78, 5) is 57.2. The molecular formula is C28H39BrN3O5P. The van der Waals surface area contributed by atoms with Crippen LogP contribution in [0.1, 0.15) is 65.4 Å². The minimum Gasteiger partial charge on any atom is -0.345 e. The van der Waals surface area contributed by atoms with Crippen molar-refractivity contribution in [3.8, 4) is 12.3 Å². The predicted molar refractivity (Wildman–Crippen MR) is 159 cm³/mol. The number of rotatable bonds is 14. The average Bonchev–Trinajstić information content (AvgIpc) is 2.88. The standard InChI is InChI=1S/C21H33BrN3O3P.C7H6O2/c1-4-5-6-7-8-18(26)25-20(14(2)3)21(28)23-13-19(27)24-16-10-9-15(12-22)11-17(16)29;1-3-7(9)5-4-6(2)8/h9-11,14,20H,4-8,12-13,29H2,1-3H3,(H,23,28)(H,24,27)(H,25,26);1,4-5H,2H3/b;5-4-. The van der Waals surface area contributed by atoms with Crippen molar-refractivity contribution in [2.45, 2.75) is 71.2 Å². The molecule has 0 saturated heterocycles. The molecule has 208 valence electrons. The Morgan fingerprint density at radius 1 is 1.08 bits per heavy atom. The number of benzene rings is 1. The van der Waals surface area contributed by atoms with Crippen LogP contribution in [0.25, 0.3) is 0 Å². The van der Waals surface area contributed by atoms with Gasteiger partial charge in [-0.25, -0.2) is 0 Å². The van der Waals surface area contributed by atoms with Crippen LogP contribution in [0.5, 0.6) is 0 Å². The van der Waals surface area contributed by atoms with E-state index in [1.165, 1.54) is 6.92 Å². The van der Waals surface area contributed by atoms with Crippen LogP contribution in [0.15, 0.2) is 30.4 Å². The average molecular weight is 609 g/mol. The number of halogens is 1. The minimum atomic E-state index is -0.656. The number of allylic oxidation sites excluding steroid dienone is 2. The number of unbranched alkanes of at least 4 members (excludes halogenated alkanes) is 3. The van der Waals surface area contributed by atoms with Crippen molar-refractivity contribution >= 4 is 65.4 Å². The van der Waals surface area contributed by atoms with Crippen molar-refractivity contribution < 1.29 is 24.0 Å². The monoisotopic (exact) mass is 607 g/mol. The zero-order valence-corrected chi connectivity index (χ0v) is 25.3. The van der Waals surface area contributed by atoms with E-state index in [0.29, 0.717) is 12.1 Å². The van der Waals surface area contributed by atoms with Crippen LogP contribution in [0.4, 0.5) is 5.69 Å². The summed E-state index contributed by atoms with van der Waals surface area (Å²) < 4.78 is 0. The Labute approximate surface area is 236 Å². The lowest BCUT2D eigenvalue weighted by atomic mass is 10.0. The summed E-state index contributed by atoms with van der Waals surface area (Å²) in [5, 5.41) is 9.82. The lowest BCUT2D eigenvalue weighted by Gasteiger charge is -2.21. The van der Waals surface area contributed by atoms with Crippen molar-refractivity contribution in [1.29, 1.82) is 0 Å². The van der Waals surface area contributed by atoms with Gasteiger partial charge in [0.15, 0.2) is 5.78 Å². The molecule has 38 heavy (non-hydrogen) atoms. The number of anilines is 1. The van der Waals surface area contributed by atoms with Crippen LogP contribution in [0.2, 0.25) is 0 Å². The van der Waals surface area contributed by atoms with E-state index in [1.54, 1.807) is 0 Å². The van der Waals surface area contributed by atoms with Gasteiger partial charge >= 0.3 is 0 Å². The molecule has 0 saturated carbocycles. The van der Waals surface area contributed by atoms with E-state index in [4.69, 9.17) is 6.42 Å². The molecule has 1 aromatic rings. The molecule has 1 rings (SSSR count). The third kappa shape index (κ3) is 16.1. The van der Waals surface area contributed by atoms with Crippen molar-refractivity contribution in [2.75, 3.05) is 11.9 Å². The summed E-state index contributed by atoms with van der Waals surface area (Å²) in [6.45, 7) is 7.05. The highest BCUT2D eigenvalue weighted by Crippen LogP contribution is 2.13. The molecule has 0 heterocycles. The Kier molecular flexibility index (Phi) is 18.7. The first-order valence-electron chi connectivity index (χ1n) is 12.5. The van der Waals surface area contributed by atoms with Gasteiger partial charge in [0.1, 0.15) is 6.04 Å². The number of ketones is 2. The third-order valence-corrected chi connectivity index (χ3v) is 6.23. The second-order valence-corrected chi connectivity index (χ2v) is 10.1. The second kappa shape index (κ2) is 20.2. The lowest BCUT2D eigenvalue weighted by Crippen LogP contribution is -2.51. The largest absolute Gasteiger partial charge is 0.345 e. The van der Waals surface area contributed by atoms with Crippen molar-refractivity contribution in [1.82, 2.24) is 10.6 Å². The molecule has 0 aliphatic carbocycles. The molecule has 2 atom stereocenters. The second-order valence-electron chi connectivity index (χ2n) is 8.87. The Bertz CT molecular complexity index is 1030. The van der Waals surface area contributed by atoms with Gasteiger partial charge in [0.2, 0.25) is 23.5 Å². The summed E-state index contributed by atoms with van der Waals surface area (Å²) in [7, 11) is 2.59. The summed E-state index contributed by atoms with van der Waals surface area (Å²) in [5.74, 6) is 0.311. The van der Waals surface area contributed by atoms with E-state index < -0.39 is 11.8 Å². The number of nitrogens with one attached hydrogen (secondary N) is 3. The molecule has 0 aliphatic rings. The summed E-state index contributed by atoms with van der Waals surface area (Å²) in [6, 6.07) is 5.05. The molecule has 8 nitrogen and oxygen atoms in total. The molecule has 0 aliphatic heterocycles. The number of hydrogen-bond acceptors (Lipinski definition) is 5. The van der Waals surface area contributed by atoms with Crippen LogP contribution >= 0.6 is 25.2 Å². The fourth-order valence-electron chi connectivity index (χ4n) is 3.01. The number of terminal acetylenes is 1. The number of hydrogen-bond donors (Lipinski definition) is 3. The fraction of sp³-hybridized carbons (Fsp3) is 0.464. The number of carbonyl (C=O) groups excluding carboxylic acids is 5. The van der Waals surface area contributed by atoms with E-state index in [-0.39, 0.29) is 36.0 Å². The van der Waals surface area contributed by atoms with E-state index >= 15 is 0 Å². The van der Waals surface area contributed by atoms with Gasteiger partial charge in [-0.2, -0.15) is 0 Å². The Balaban J connectivity index is 0.00000129. The number of carbonyl (C=O) groups is 5.